The van der Waals surface area contributed by atoms with Crippen LogP contribution in [0.15, 0.2) is 66.9 Å². The number of fused-ring (bicyclic) bond motifs is 1. The molecule has 0 radical (unpaired) electrons. The van der Waals surface area contributed by atoms with E-state index < -0.39 is 0 Å². The first-order chi connectivity index (χ1) is 13.1. The van der Waals surface area contributed by atoms with Gasteiger partial charge in [-0.1, -0.05) is 12.1 Å². The third kappa shape index (κ3) is 3.43. The Bertz CT molecular complexity index is 1120. The molecule has 2 heterocycles. The van der Waals surface area contributed by atoms with Gasteiger partial charge in [0.1, 0.15) is 11.5 Å². The normalized spacial score (nSPS) is 10.7. The minimum absolute atomic E-state index is 0.105. The van der Waals surface area contributed by atoms with Gasteiger partial charge in [-0.2, -0.15) is 5.10 Å². The van der Waals surface area contributed by atoms with Gasteiger partial charge in [0.25, 0.3) is 5.91 Å². The van der Waals surface area contributed by atoms with Crippen molar-refractivity contribution in [2.45, 2.75) is 0 Å². The summed E-state index contributed by atoms with van der Waals surface area (Å²) in [6, 6.07) is 17.3. The number of methoxy groups -OCH3 is 1. The van der Waals surface area contributed by atoms with Gasteiger partial charge in [0.2, 0.25) is 0 Å². The Morgan fingerprint density at radius 1 is 1.11 bits per heavy atom. The maximum absolute atomic E-state index is 12.3. The van der Waals surface area contributed by atoms with Gasteiger partial charge in [-0.3, -0.25) is 4.79 Å². The summed E-state index contributed by atoms with van der Waals surface area (Å²) in [5.74, 6) is 0.935. The lowest BCUT2D eigenvalue weighted by molar-refractivity contribution is 0.102. The SMILES string of the molecule is COc1cccc(-c2ccc3nc(NC(=O)c4ccc(O)cc4)cn3n2)c1. The highest BCUT2D eigenvalue weighted by Crippen LogP contribution is 2.23. The van der Waals surface area contributed by atoms with Crippen LogP contribution >= 0.6 is 0 Å². The van der Waals surface area contributed by atoms with Crippen molar-refractivity contribution in [2.75, 3.05) is 12.4 Å². The molecule has 0 atom stereocenters. The summed E-state index contributed by atoms with van der Waals surface area (Å²) in [5.41, 5.74) is 2.72. The Labute approximate surface area is 154 Å². The lowest BCUT2D eigenvalue weighted by Gasteiger charge is -2.04. The molecule has 0 bridgehead atoms. The van der Waals surface area contributed by atoms with Crippen LogP contribution in [0.5, 0.6) is 11.5 Å². The van der Waals surface area contributed by atoms with E-state index in [4.69, 9.17) is 4.74 Å². The summed E-state index contributed by atoms with van der Waals surface area (Å²) in [5, 5.41) is 16.6. The number of rotatable bonds is 4. The second kappa shape index (κ2) is 6.80. The number of ether oxygens (including phenoxy) is 1. The Balaban J connectivity index is 1.60. The van der Waals surface area contributed by atoms with E-state index in [1.165, 1.54) is 12.1 Å². The average molecular weight is 360 g/mol. The van der Waals surface area contributed by atoms with E-state index >= 15 is 0 Å². The number of phenolic OH excluding ortho intramolecular Hbond substituents is 1. The highest BCUT2D eigenvalue weighted by Gasteiger charge is 2.10. The summed E-state index contributed by atoms with van der Waals surface area (Å²) in [6.45, 7) is 0. The van der Waals surface area contributed by atoms with E-state index in [2.05, 4.69) is 15.4 Å². The molecule has 134 valence electrons. The summed E-state index contributed by atoms with van der Waals surface area (Å²) < 4.78 is 6.86. The lowest BCUT2D eigenvalue weighted by Crippen LogP contribution is -2.11. The predicted molar refractivity (Wildman–Crippen MR) is 101 cm³/mol. The van der Waals surface area contributed by atoms with E-state index in [0.29, 0.717) is 17.0 Å². The zero-order valence-electron chi connectivity index (χ0n) is 14.5. The fourth-order valence-corrected chi connectivity index (χ4v) is 2.68. The number of hydrogen-bond acceptors (Lipinski definition) is 5. The molecule has 2 aromatic heterocycles. The predicted octanol–water partition coefficient (Wildman–Crippen LogP) is 3.36. The number of nitrogens with one attached hydrogen (secondary N) is 1. The van der Waals surface area contributed by atoms with Crippen molar-refractivity contribution in [1.29, 1.82) is 0 Å². The second-order valence-corrected chi connectivity index (χ2v) is 5.88. The number of aromatic nitrogens is 3. The maximum atomic E-state index is 12.3. The van der Waals surface area contributed by atoms with Gasteiger partial charge in [-0.05, 0) is 48.5 Å². The molecule has 0 aliphatic rings. The first-order valence-corrected chi connectivity index (χ1v) is 8.23. The van der Waals surface area contributed by atoms with Crippen LogP contribution in [0.3, 0.4) is 0 Å². The Morgan fingerprint density at radius 3 is 2.70 bits per heavy atom. The van der Waals surface area contributed by atoms with Gasteiger partial charge in [-0.25, -0.2) is 9.50 Å². The molecule has 1 amide bonds. The molecule has 0 saturated carbocycles. The van der Waals surface area contributed by atoms with Crippen LogP contribution in [0, 0.1) is 0 Å². The number of phenols is 1. The van der Waals surface area contributed by atoms with Gasteiger partial charge >= 0.3 is 0 Å². The number of carbonyl (C=O) groups excluding carboxylic acids is 1. The van der Waals surface area contributed by atoms with E-state index in [0.717, 1.165) is 17.0 Å². The number of imidazole rings is 1. The number of aromatic hydroxyl groups is 1. The summed E-state index contributed by atoms with van der Waals surface area (Å²) in [4.78, 5) is 16.6. The van der Waals surface area contributed by atoms with Gasteiger partial charge in [0, 0.05) is 11.1 Å². The van der Waals surface area contributed by atoms with E-state index in [1.807, 2.05) is 36.4 Å². The smallest absolute Gasteiger partial charge is 0.256 e. The minimum Gasteiger partial charge on any atom is -0.508 e. The van der Waals surface area contributed by atoms with Crippen molar-refractivity contribution in [3.63, 3.8) is 0 Å². The lowest BCUT2D eigenvalue weighted by atomic mass is 10.1. The van der Waals surface area contributed by atoms with Crippen LogP contribution in [-0.2, 0) is 0 Å². The van der Waals surface area contributed by atoms with Crippen molar-refractivity contribution in [1.82, 2.24) is 14.6 Å². The van der Waals surface area contributed by atoms with E-state index in [1.54, 1.807) is 30.0 Å². The van der Waals surface area contributed by atoms with Gasteiger partial charge < -0.3 is 15.2 Å². The summed E-state index contributed by atoms with van der Waals surface area (Å²) >= 11 is 0. The number of carbonyl (C=O) groups is 1. The molecule has 7 heteroatoms. The number of amides is 1. The fourth-order valence-electron chi connectivity index (χ4n) is 2.68. The largest absolute Gasteiger partial charge is 0.508 e. The zero-order valence-corrected chi connectivity index (χ0v) is 14.5. The molecule has 0 fully saturated rings. The van der Waals surface area contributed by atoms with Crippen molar-refractivity contribution < 1.29 is 14.6 Å². The Kier molecular flexibility index (Phi) is 4.18. The second-order valence-electron chi connectivity index (χ2n) is 5.88. The Morgan fingerprint density at radius 2 is 1.93 bits per heavy atom. The number of nitrogens with zero attached hydrogens (tertiary/aromatic N) is 3. The third-order valence-corrected chi connectivity index (χ3v) is 4.06. The van der Waals surface area contributed by atoms with Crippen molar-refractivity contribution in [3.05, 3.63) is 72.4 Å². The quantitative estimate of drug-likeness (QED) is 0.582. The standard InChI is InChI=1S/C20H16N4O3/c1-27-16-4-2-3-14(11-16)17-9-10-19-21-18(12-24(19)23-17)22-20(26)13-5-7-15(25)8-6-13/h2-12,25H,1H3,(H,22,26). The van der Waals surface area contributed by atoms with E-state index in [-0.39, 0.29) is 11.7 Å². The maximum Gasteiger partial charge on any atom is 0.256 e. The molecule has 2 N–H and O–H groups in total. The molecule has 2 aromatic carbocycles. The molecule has 27 heavy (non-hydrogen) atoms. The molecule has 0 saturated heterocycles. The third-order valence-electron chi connectivity index (χ3n) is 4.06. The number of benzene rings is 2. The number of anilines is 1. The van der Waals surface area contributed by atoms with Crippen LogP contribution in [0.2, 0.25) is 0 Å². The first kappa shape index (κ1) is 16.6. The average Bonchev–Trinajstić information content (AvgIpc) is 3.09. The molecule has 0 aliphatic carbocycles. The molecular formula is C20H16N4O3. The highest BCUT2D eigenvalue weighted by atomic mass is 16.5. The van der Waals surface area contributed by atoms with Crippen molar-refractivity contribution in [3.8, 4) is 22.8 Å². The van der Waals surface area contributed by atoms with Crippen LogP contribution in [-0.4, -0.2) is 32.7 Å². The zero-order chi connectivity index (χ0) is 18.8. The van der Waals surface area contributed by atoms with E-state index in [9.17, 15) is 9.90 Å². The monoisotopic (exact) mass is 360 g/mol. The van der Waals surface area contributed by atoms with Gasteiger partial charge in [0.15, 0.2) is 11.5 Å². The van der Waals surface area contributed by atoms with Crippen molar-refractivity contribution >= 4 is 17.4 Å². The molecule has 0 aliphatic heterocycles. The minimum atomic E-state index is -0.313. The fraction of sp³-hybridized carbons (Fsp3) is 0.0500. The number of hydrogen-bond donors (Lipinski definition) is 2. The summed E-state index contributed by atoms with van der Waals surface area (Å²) in [6.07, 6.45) is 1.65. The van der Waals surface area contributed by atoms with Crippen LogP contribution < -0.4 is 10.1 Å². The van der Waals surface area contributed by atoms with Crippen molar-refractivity contribution in [2.24, 2.45) is 0 Å². The highest BCUT2D eigenvalue weighted by molar-refractivity contribution is 6.03. The van der Waals surface area contributed by atoms with Gasteiger partial charge in [0.05, 0.1) is 19.0 Å². The topological polar surface area (TPSA) is 88.8 Å². The molecule has 4 rings (SSSR count). The van der Waals surface area contributed by atoms with Crippen LogP contribution in [0.4, 0.5) is 5.82 Å². The van der Waals surface area contributed by atoms with Crippen LogP contribution in [0.1, 0.15) is 10.4 Å². The first-order valence-electron chi connectivity index (χ1n) is 8.23. The molecule has 0 unspecified atom stereocenters. The molecular weight excluding hydrogens is 344 g/mol. The summed E-state index contributed by atoms with van der Waals surface area (Å²) in [7, 11) is 1.62. The molecule has 4 aromatic rings. The van der Waals surface area contributed by atoms with Gasteiger partial charge in [-0.15, -0.1) is 0 Å². The molecule has 7 nitrogen and oxygen atoms in total. The molecule has 0 spiro atoms. The Hall–Kier alpha value is -3.87. The van der Waals surface area contributed by atoms with Crippen LogP contribution in [0.25, 0.3) is 16.9 Å².